The van der Waals surface area contributed by atoms with Crippen LogP contribution in [0.4, 0.5) is 0 Å². The fourth-order valence-electron chi connectivity index (χ4n) is 3.23. The van der Waals surface area contributed by atoms with E-state index < -0.39 is 0 Å². The van der Waals surface area contributed by atoms with Crippen molar-refractivity contribution in [1.82, 2.24) is 9.55 Å². The zero-order valence-corrected chi connectivity index (χ0v) is 15.6. The average Bonchev–Trinajstić information content (AvgIpc) is 2.99. The Bertz CT molecular complexity index is 1030. The third kappa shape index (κ3) is 2.40. The smallest absolute Gasteiger partial charge is 0.200 e. The Balaban J connectivity index is 2.05. The number of fused-ring (bicyclic) bond motifs is 1. The van der Waals surface area contributed by atoms with Gasteiger partial charge < -0.3 is 24.3 Å². The molecule has 1 aromatic heterocycles. The Labute approximate surface area is 159 Å². The molecule has 26 heavy (non-hydrogen) atoms. The summed E-state index contributed by atoms with van der Waals surface area (Å²) < 4.78 is 12.6. The average molecular weight is 395 g/mol. The number of hydrogen-bond acceptors (Lipinski definition) is 5. The number of aromatic nitrogens is 2. The quantitative estimate of drug-likeness (QED) is 0.651. The van der Waals surface area contributed by atoms with E-state index >= 15 is 0 Å². The molecule has 2 heterocycles. The summed E-state index contributed by atoms with van der Waals surface area (Å²) in [6, 6.07) is 6.65. The highest BCUT2D eigenvalue weighted by molar-refractivity contribution is 6.45. The minimum Gasteiger partial charge on any atom is -0.504 e. The van der Waals surface area contributed by atoms with Crippen LogP contribution < -0.4 is 4.74 Å². The van der Waals surface area contributed by atoms with Crippen molar-refractivity contribution in [2.75, 3.05) is 20.3 Å². The van der Waals surface area contributed by atoms with E-state index in [1.807, 2.05) is 10.6 Å². The number of imidazole rings is 1. The SMILES string of the molecule is COc1cc(-c2nc3c(Cl)c(Cl)ccc3n2C2(C)COC2)cc(O)c1O. The van der Waals surface area contributed by atoms with Gasteiger partial charge in [0.05, 0.1) is 41.4 Å². The van der Waals surface area contributed by atoms with Gasteiger partial charge in [-0.05, 0) is 31.2 Å². The highest BCUT2D eigenvalue weighted by atomic mass is 35.5. The minimum atomic E-state index is -0.321. The van der Waals surface area contributed by atoms with E-state index in [9.17, 15) is 10.2 Å². The number of phenols is 2. The second-order valence-corrected chi connectivity index (χ2v) is 7.32. The van der Waals surface area contributed by atoms with Gasteiger partial charge in [-0.25, -0.2) is 4.98 Å². The number of ether oxygens (including phenoxy) is 2. The van der Waals surface area contributed by atoms with Crippen molar-refractivity contribution < 1.29 is 19.7 Å². The van der Waals surface area contributed by atoms with E-state index in [-0.39, 0.29) is 22.8 Å². The summed E-state index contributed by atoms with van der Waals surface area (Å²) in [5, 5.41) is 20.8. The molecule has 0 unspecified atom stereocenters. The van der Waals surface area contributed by atoms with Gasteiger partial charge >= 0.3 is 0 Å². The molecule has 4 rings (SSSR count). The molecule has 0 amide bonds. The van der Waals surface area contributed by atoms with E-state index in [4.69, 9.17) is 32.7 Å². The fourth-order valence-corrected chi connectivity index (χ4v) is 3.59. The molecule has 1 fully saturated rings. The van der Waals surface area contributed by atoms with Crippen LogP contribution in [0.15, 0.2) is 24.3 Å². The first kappa shape index (κ1) is 17.3. The van der Waals surface area contributed by atoms with Crippen LogP contribution in [0.25, 0.3) is 22.4 Å². The molecule has 0 saturated carbocycles. The molecule has 0 bridgehead atoms. The highest BCUT2D eigenvalue weighted by Gasteiger charge is 2.39. The van der Waals surface area contributed by atoms with Crippen molar-refractivity contribution in [1.29, 1.82) is 0 Å². The fraction of sp³-hybridized carbons (Fsp3) is 0.278. The van der Waals surface area contributed by atoms with Gasteiger partial charge in [-0.15, -0.1) is 0 Å². The number of halogens is 2. The van der Waals surface area contributed by atoms with E-state index in [1.54, 1.807) is 12.1 Å². The number of aromatic hydroxyl groups is 2. The van der Waals surface area contributed by atoms with Crippen LogP contribution in [0, 0.1) is 0 Å². The first-order valence-corrected chi connectivity index (χ1v) is 8.66. The van der Waals surface area contributed by atoms with Gasteiger partial charge in [0.2, 0.25) is 5.75 Å². The van der Waals surface area contributed by atoms with Gasteiger partial charge in [-0.3, -0.25) is 0 Å². The highest BCUT2D eigenvalue weighted by Crippen LogP contribution is 2.43. The standard InChI is InChI=1S/C18H16Cl2N2O4/c1-18(7-26-8-18)22-11-4-3-10(19)14(20)15(11)21-17(22)9-5-12(23)16(24)13(6-9)25-2/h3-6,23-24H,7-8H2,1-2H3. The molecule has 3 aromatic rings. The van der Waals surface area contributed by atoms with Gasteiger partial charge in [0, 0.05) is 5.56 Å². The maximum atomic E-state index is 10.1. The lowest BCUT2D eigenvalue weighted by molar-refractivity contribution is -0.0868. The normalized spacial score (nSPS) is 15.8. The maximum Gasteiger partial charge on any atom is 0.200 e. The molecule has 0 atom stereocenters. The minimum absolute atomic E-state index is 0.151. The second-order valence-electron chi connectivity index (χ2n) is 6.54. The number of methoxy groups -OCH3 is 1. The predicted octanol–water partition coefficient (Wildman–Crippen LogP) is 4.18. The number of rotatable bonds is 3. The molecule has 1 saturated heterocycles. The van der Waals surface area contributed by atoms with Crippen molar-refractivity contribution in [2.24, 2.45) is 0 Å². The lowest BCUT2D eigenvalue weighted by Crippen LogP contribution is -2.49. The third-order valence-electron chi connectivity index (χ3n) is 4.62. The summed E-state index contributed by atoms with van der Waals surface area (Å²) >= 11 is 12.5. The lowest BCUT2D eigenvalue weighted by atomic mass is 9.98. The van der Waals surface area contributed by atoms with Crippen molar-refractivity contribution >= 4 is 34.2 Å². The molecule has 0 aliphatic carbocycles. The predicted molar refractivity (Wildman–Crippen MR) is 99.5 cm³/mol. The summed E-state index contributed by atoms with van der Waals surface area (Å²) in [6.45, 7) is 3.10. The zero-order valence-electron chi connectivity index (χ0n) is 14.1. The summed E-state index contributed by atoms with van der Waals surface area (Å²) in [5.41, 5.74) is 1.64. The summed E-state index contributed by atoms with van der Waals surface area (Å²) in [5.74, 6) is 0.108. The van der Waals surface area contributed by atoms with Crippen LogP contribution in [0.3, 0.4) is 0 Å². The molecular formula is C18H16Cl2N2O4. The van der Waals surface area contributed by atoms with Crippen LogP contribution in [0.1, 0.15) is 6.92 Å². The van der Waals surface area contributed by atoms with Crippen LogP contribution in [-0.4, -0.2) is 40.1 Å². The number of benzene rings is 2. The van der Waals surface area contributed by atoms with E-state index in [2.05, 4.69) is 11.9 Å². The van der Waals surface area contributed by atoms with E-state index in [1.165, 1.54) is 13.2 Å². The molecular weight excluding hydrogens is 379 g/mol. The molecule has 1 aliphatic heterocycles. The first-order valence-electron chi connectivity index (χ1n) is 7.91. The van der Waals surface area contributed by atoms with Crippen LogP contribution in [-0.2, 0) is 10.3 Å². The largest absolute Gasteiger partial charge is 0.504 e. The van der Waals surface area contributed by atoms with Gasteiger partial charge in [-0.1, -0.05) is 23.2 Å². The number of hydrogen-bond donors (Lipinski definition) is 2. The Morgan fingerprint density at radius 2 is 1.96 bits per heavy atom. The monoisotopic (exact) mass is 394 g/mol. The molecule has 1 aliphatic rings. The number of phenolic OH excluding ortho intramolecular Hbond substituents is 2. The van der Waals surface area contributed by atoms with E-state index in [0.717, 1.165) is 5.52 Å². The Hall–Kier alpha value is -2.15. The Morgan fingerprint density at radius 1 is 1.23 bits per heavy atom. The molecule has 2 aromatic carbocycles. The molecule has 8 heteroatoms. The van der Waals surface area contributed by atoms with Gasteiger partial charge in [-0.2, -0.15) is 0 Å². The Morgan fingerprint density at radius 3 is 2.58 bits per heavy atom. The Kier molecular flexibility index (Phi) is 3.95. The number of nitrogens with zero attached hydrogens (tertiary/aromatic N) is 2. The molecule has 6 nitrogen and oxygen atoms in total. The van der Waals surface area contributed by atoms with Gasteiger partial charge in [0.1, 0.15) is 11.3 Å². The van der Waals surface area contributed by atoms with Crippen LogP contribution in [0.2, 0.25) is 10.0 Å². The maximum absolute atomic E-state index is 10.1. The van der Waals surface area contributed by atoms with Crippen LogP contribution >= 0.6 is 23.2 Å². The summed E-state index contributed by atoms with van der Waals surface area (Å²) in [4.78, 5) is 4.68. The third-order valence-corrected chi connectivity index (χ3v) is 5.41. The zero-order chi connectivity index (χ0) is 18.6. The molecule has 0 spiro atoms. The van der Waals surface area contributed by atoms with Gasteiger partial charge in [0.15, 0.2) is 11.5 Å². The molecule has 0 radical (unpaired) electrons. The van der Waals surface area contributed by atoms with Crippen molar-refractivity contribution in [3.8, 4) is 28.6 Å². The van der Waals surface area contributed by atoms with Crippen molar-refractivity contribution in [2.45, 2.75) is 12.5 Å². The van der Waals surface area contributed by atoms with Crippen LogP contribution in [0.5, 0.6) is 17.2 Å². The van der Waals surface area contributed by atoms with Gasteiger partial charge in [0.25, 0.3) is 0 Å². The second kappa shape index (κ2) is 5.94. The summed E-state index contributed by atoms with van der Waals surface area (Å²) in [7, 11) is 1.42. The van der Waals surface area contributed by atoms with Crippen molar-refractivity contribution in [3.05, 3.63) is 34.3 Å². The first-order chi connectivity index (χ1) is 12.4. The van der Waals surface area contributed by atoms with E-state index in [0.29, 0.717) is 40.2 Å². The summed E-state index contributed by atoms with van der Waals surface area (Å²) in [6.07, 6.45) is 0. The van der Waals surface area contributed by atoms with Crippen molar-refractivity contribution in [3.63, 3.8) is 0 Å². The molecule has 136 valence electrons. The lowest BCUT2D eigenvalue weighted by Gasteiger charge is -2.40. The topological polar surface area (TPSA) is 76.7 Å². The molecule has 2 N–H and O–H groups in total.